The lowest BCUT2D eigenvalue weighted by Gasteiger charge is -2.15. The summed E-state index contributed by atoms with van der Waals surface area (Å²) in [6.07, 6.45) is 0.671. The fourth-order valence-electron chi connectivity index (χ4n) is 3.82. The summed E-state index contributed by atoms with van der Waals surface area (Å²) in [6, 6.07) is 12.6. The molecule has 3 aromatic rings. The van der Waals surface area contributed by atoms with E-state index in [1.54, 1.807) is 18.2 Å². The Morgan fingerprint density at radius 2 is 1.90 bits per heavy atom. The van der Waals surface area contributed by atoms with E-state index >= 15 is 0 Å². The number of carboxylic acid groups (broad SMARTS) is 1. The van der Waals surface area contributed by atoms with E-state index in [0.29, 0.717) is 4.47 Å². The summed E-state index contributed by atoms with van der Waals surface area (Å²) in [6.45, 7) is 4.11. The molecule has 0 saturated carbocycles. The van der Waals surface area contributed by atoms with Crippen molar-refractivity contribution in [2.75, 3.05) is 0 Å². The number of aliphatic hydroxyl groups is 2. The van der Waals surface area contributed by atoms with Gasteiger partial charge in [0.25, 0.3) is 0 Å². The highest BCUT2D eigenvalue weighted by Gasteiger charge is 2.21. The highest BCUT2D eigenvalue weighted by Crippen LogP contribution is 2.41. The lowest BCUT2D eigenvalue weighted by atomic mass is 10.0. The average molecular weight is 490 g/mol. The number of carbonyl (C=O) groups is 1. The molecule has 7 heteroatoms. The van der Waals surface area contributed by atoms with Gasteiger partial charge in [-0.3, -0.25) is 4.79 Å². The second kappa shape index (κ2) is 9.77. The van der Waals surface area contributed by atoms with Gasteiger partial charge < -0.3 is 19.9 Å². The van der Waals surface area contributed by atoms with Gasteiger partial charge in [-0.25, -0.2) is 4.39 Å². The van der Waals surface area contributed by atoms with Crippen molar-refractivity contribution >= 4 is 38.9 Å². The predicted octanol–water partition coefficient (Wildman–Crippen LogP) is 5.39. The molecule has 0 aliphatic heterocycles. The minimum absolute atomic E-state index is 0.0831. The molecule has 0 radical (unpaired) electrons. The number of fused-ring (bicyclic) bond motifs is 1. The maximum absolute atomic E-state index is 13.7. The van der Waals surface area contributed by atoms with Crippen molar-refractivity contribution in [1.29, 1.82) is 0 Å². The maximum Gasteiger partial charge on any atom is 0.305 e. The topological polar surface area (TPSA) is 82.7 Å². The van der Waals surface area contributed by atoms with Crippen LogP contribution in [-0.4, -0.2) is 38.1 Å². The highest BCUT2D eigenvalue weighted by molar-refractivity contribution is 9.10. The molecule has 2 unspecified atom stereocenters. The number of benzene rings is 2. The van der Waals surface area contributed by atoms with Gasteiger partial charge in [-0.2, -0.15) is 0 Å². The number of hydrogen-bond acceptors (Lipinski definition) is 3. The third-order valence-corrected chi connectivity index (χ3v) is 5.72. The van der Waals surface area contributed by atoms with Crippen LogP contribution in [0.15, 0.2) is 53.0 Å². The number of aliphatic hydroxyl groups excluding tert-OH is 2. The zero-order valence-electron chi connectivity index (χ0n) is 17.3. The van der Waals surface area contributed by atoms with E-state index in [-0.39, 0.29) is 18.3 Å². The summed E-state index contributed by atoms with van der Waals surface area (Å²) >= 11 is 3.47. The van der Waals surface area contributed by atoms with Crippen LogP contribution in [0.4, 0.5) is 4.39 Å². The van der Waals surface area contributed by atoms with Crippen molar-refractivity contribution in [1.82, 2.24) is 4.57 Å². The Hall–Kier alpha value is -2.48. The minimum Gasteiger partial charge on any atom is -0.481 e. The van der Waals surface area contributed by atoms with Crippen molar-refractivity contribution in [2.45, 2.75) is 44.9 Å². The molecule has 0 amide bonds. The quantitative estimate of drug-likeness (QED) is 0.396. The number of para-hydroxylation sites is 1. The van der Waals surface area contributed by atoms with Crippen LogP contribution in [0, 0.1) is 5.82 Å². The number of rotatable bonds is 8. The Labute approximate surface area is 188 Å². The molecule has 164 valence electrons. The van der Waals surface area contributed by atoms with Crippen molar-refractivity contribution < 1.29 is 24.5 Å². The van der Waals surface area contributed by atoms with E-state index in [0.717, 1.165) is 27.7 Å². The third kappa shape index (κ3) is 5.23. The molecule has 31 heavy (non-hydrogen) atoms. The van der Waals surface area contributed by atoms with Crippen molar-refractivity contribution in [3.8, 4) is 11.1 Å². The average Bonchev–Trinajstić information content (AvgIpc) is 3.00. The first-order valence-corrected chi connectivity index (χ1v) is 10.8. The number of halogens is 2. The SMILES string of the molecule is CC(C)n1c(/C=C/C(O)CC(O)CC(=O)O)c(-c2ccc(F)cc2Br)c2ccccc21. The smallest absolute Gasteiger partial charge is 0.305 e. The molecule has 3 N–H and O–H groups in total. The van der Waals surface area contributed by atoms with Gasteiger partial charge in [0.2, 0.25) is 0 Å². The first-order chi connectivity index (χ1) is 14.7. The van der Waals surface area contributed by atoms with E-state index in [2.05, 4.69) is 34.3 Å². The zero-order chi connectivity index (χ0) is 22.7. The van der Waals surface area contributed by atoms with E-state index < -0.39 is 24.6 Å². The van der Waals surface area contributed by atoms with Crippen molar-refractivity contribution in [3.63, 3.8) is 0 Å². The van der Waals surface area contributed by atoms with Gasteiger partial charge in [0.1, 0.15) is 5.82 Å². The summed E-state index contributed by atoms with van der Waals surface area (Å²) in [5.74, 6) is -1.46. The first kappa shape index (κ1) is 23.2. The van der Waals surface area contributed by atoms with Crippen LogP contribution < -0.4 is 0 Å². The van der Waals surface area contributed by atoms with Crippen LogP contribution in [0.25, 0.3) is 28.1 Å². The summed E-state index contributed by atoms with van der Waals surface area (Å²) in [4.78, 5) is 10.8. The third-order valence-electron chi connectivity index (χ3n) is 5.07. The number of nitrogens with zero attached hydrogens (tertiary/aromatic N) is 1. The molecule has 1 heterocycles. The second-order valence-electron chi connectivity index (χ2n) is 7.78. The van der Waals surface area contributed by atoms with Crippen LogP contribution in [-0.2, 0) is 4.79 Å². The fourth-order valence-corrected chi connectivity index (χ4v) is 4.37. The highest BCUT2D eigenvalue weighted by atomic mass is 79.9. The molecule has 5 nitrogen and oxygen atoms in total. The van der Waals surface area contributed by atoms with Crippen LogP contribution >= 0.6 is 15.9 Å². The summed E-state index contributed by atoms with van der Waals surface area (Å²) in [5.41, 5.74) is 3.54. The number of hydrogen-bond donors (Lipinski definition) is 3. The molecular weight excluding hydrogens is 465 g/mol. The van der Waals surface area contributed by atoms with Gasteiger partial charge in [-0.1, -0.05) is 46.3 Å². The van der Waals surface area contributed by atoms with E-state index in [4.69, 9.17) is 5.11 Å². The van der Waals surface area contributed by atoms with Gasteiger partial charge in [0.15, 0.2) is 0 Å². The predicted molar refractivity (Wildman–Crippen MR) is 123 cm³/mol. The van der Waals surface area contributed by atoms with Crippen LogP contribution in [0.2, 0.25) is 0 Å². The van der Waals surface area contributed by atoms with Crippen molar-refractivity contribution in [3.05, 3.63) is 64.5 Å². The Balaban J connectivity index is 2.13. The Kier molecular flexibility index (Phi) is 7.30. The fraction of sp³-hybridized carbons (Fsp3) is 0.292. The van der Waals surface area contributed by atoms with Crippen LogP contribution in [0.1, 0.15) is 38.4 Å². The number of aliphatic carboxylic acids is 1. The normalized spacial score (nSPS) is 13.9. The number of carboxylic acids is 1. The molecule has 0 bridgehead atoms. The van der Waals surface area contributed by atoms with Gasteiger partial charge in [0.05, 0.1) is 18.6 Å². The molecule has 1 aromatic heterocycles. The molecule has 2 atom stereocenters. The molecule has 3 rings (SSSR count). The van der Waals surface area contributed by atoms with Crippen molar-refractivity contribution in [2.24, 2.45) is 0 Å². The summed E-state index contributed by atoms with van der Waals surface area (Å²) in [7, 11) is 0. The molecule has 2 aromatic carbocycles. The van der Waals surface area contributed by atoms with Gasteiger partial charge in [-0.05, 0) is 43.7 Å². The second-order valence-corrected chi connectivity index (χ2v) is 8.63. The minimum atomic E-state index is -1.14. The lowest BCUT2D eigenvalue weighted by Crippen LogP contribution is -2.19. The van der Waals surface area contributed by atoms with E-state index in [1.807, 2.05) is 24.3 Å². The van der Waals surface area contributed by atoms with Gasteiger partial charge in [0, 0.05) is 39.1 Å². The van der Waals surface area contributed by atoms with Crippen LogP contribution in [0.3, 0.4) is 0 Å². The monoisotopic (exact) mass is 489 g/mol. The Morgan fingerprint density at radius 1 is 1.19 bits per heavy atom. The zero-order valence-corrected chi connectivity index (χ0v) is 18.9. The maximum atomic E-state index is 13.7. The van der Waals surface area contributed by atoms with Gasteiger partial charge >= 0.3 is 5.97 Å². The Bertz CT molecular complexity index is 1120. The van der Waals surface area contributed by atoms with E-state index in [9.17, 15) is 19.4 Å². The number of aromatic nitrogens is 1. The molecule has 0 aliphatic rings. The summed E-state index contributed by atoms with van der Waals surface area (Å²) < 4.78 is 16.5. The van der Waals surface area contributed by atoms with Gasteiger partial charge in [-0.15, -0.1) is 0 Å². The molecular formula is C24H25BrFNO4. The standard InChI is InChI=1S/C24H25BrFNO4/c1-14(2)27-21-6-4-3-5-19(21)24(18-9-7-15(26)11-20(18)25)22(27)10-8-16(28)12-17(29)13-23(30)31/h3-11,14,16-17,28-29H,12-13H2,1-2H3,(H,30,31)/b10-8+. The first-order valence-electron chi connectivity index (χ1n) is 10.0. The molecule has 0 spiro atoms. The van der Waals surface area contributed by atoms with E-state index in [1.165, 1.54) is 12.1 Å². The molecule has 0 saturated heterocycles. The largest absolute Gasteiger partial charge is 0.481 e. The molecule has 0 aliphatic carbocycles. The lowest BCUT2D eigenvalue weighted by molar-refractivity contribution is -0.139. The van der Waals surface area contributed by atoms with Crippen LogP contribution in [0.5, 0.6) is 0 Å². The Morgan fingerprint density at radius 3 is 2.55 bits per heavy atom. The molecule has 0 fully saturated rings. The summed E-state index contributed by atoms with van der Waals surface area (Å²) in [5, 5.41) is 29.9.